The number of ether oxygens (including phenoxy) is 2. The standard InChI is InChI=1S/C17H16ClNO2/c1-11-6-13(9-19)7-12(2)17(11)21-10-14-8-15(18)4-5-16(14)20-3/h4-8H,10H2,1-3H3. The number of methoxy groups -OCH3 is 1. The topological polar surface area (TPSA) is 42.2 Å². The van der Waals surface area contributed by atoms with E-state index in [1.54, 1.807) is 13.2 Å². The van der Waals surface area contributed by atoms with Gasteiger partial charge in [-0.3, -0.25) is 0 Å². The van der Waals surface area contributed by atoms with E-state index in [-0.39, 0.29) is 0 Å². The molecule has 0 unspecified atom stereocenters. The van der Waals surface area contributed by atoms with Crippen molar-refractivity contribution < 1.29 is 9.47 Å². The fourth-order valence-electron chi connectivity index (χ4n) is 2.25. The van der Waals surface area contributed by atoms with Crippen LogP contribution in [0.15, 0.2) is 30.3 Å². The van der Waals surface area contributed by atoms with Crippen molar-refractivity contribution in [3.8, 4) is 17.6 Å². The molecule has 0 aliphatic rings. The average molecular weight is 302 g/mol. The van der Waals surface area contributed by atoms with Gasteiger partial charge in [-0.05, 0) is 55.3 Å². The summed E-state index contributed by atoms with van der Waals surface area (Å²) >= 11 is 6.01. The highest BCUT2D eigenvalue weighted by Crippen LogP contribution is 2.28. The van der Waals surface area contributed by atoms with Gasteiger partial charge in [-0.25, -0.2) is 0 Å². The van der Waals surface area contributed by atoms with Crippen LogP contribution in [-0.4, -0.2) is 7.11 Å². The molecule has 0 N–H and O–H groups in total. The lowest BCUT2D eigenvalue weighted by Crippen LogP contribution is -2.01. The Morgan fingerprint density at radius 1 is 1.14 bits per heavy atom. The lowest BCUT2D eigenvalue weighted by Gasteiger charge is -2.14. The predicted octanol–water partition coefficient (Wildman–Crippen LogP) is 4.42. The van der Waals surface area contributed by atoms with Crippen molar-refractivity contribution in [1.29, 1.82) is 5.26 Å². The Bertz CT molecular complexity index is 681. The maximum absolute atomic E-state index is 8.96. The monoisotopic (exact) mass is 301 g/mol. The summed E-state index contributed by atoms with van der Waals surface area (Å²) in [5, 5.41) is 9.60. The molecular formula is C17H16ClNO2. The molecule has 0 saturated carbocycles. The first-order chi connectivity index (χ1) is 10.0. The number of hydrogen-bond acceptors (Lipinski definition) is 3. The molecule has 0 aliphatic carbocycles. The minimum Gasteiger partial charge on any atom is -0.496 e. The summed E-state index contributed by atoms with van der Waals surface area (Å²) in [5.74, 6) is 1.53. The number of nitrogens with zero attached hydrogens (tertiary/aromatic N) is 1. The van der Waals surface area contributed by atoms with Gasteiger partial charge in [0, 0.05) is 10.6 Å². The summed E-state index contributed by atoms with van der Waals surface area (Å²) in [7, 11) is 1.62. The minimum atomic E-state index is 0.358. The fraction of sp³-hybridized carbons (Fsp3) is 0.235. The number of rotatable bonds is 4. The summed E-state index contributed by atoms with van der Waals surface area (Å²) in [6, 6.07) is 11.2. The van der Waals surface area contributed by atoms with Crippen LogP contribution in [0.1, 0.15) is 22.3 Å². The zero-order valence-electron chi connectivity index (χ0n) is 12.2. The van der Waals surface area contributed by atoms with Gasteiger partial charge in [0.25, 0.3) is 0 Å². The van der Waals surface area contributed by atoms with E-state index in [4.69, 9.17) is 26.3 Å². The van der Waals surface area contributed by atoms with Gasteiger partial charge >= 0.3 is 0 Å². The molecule has 21 heavy (non-hydrogen) atoms. The Hall–Kier alpha value is -2.18. The molecule has 2 aromatic rings. The second-order valence-corrected chi connectivity index (χ2v) is 5.23. The molecule has 0 fully saturated rings. The lowest BCUT2D eigenvalue weighted by atomic mass is 10.1. The van der Waals surface area contributed by atoms with E-state index in [1.807, 2.05) is 38.1 Å². The number of halogens is 1. The molecule has 0 aromatic heterocycles. The van der Waals surface area contributed by atoms with Crippen molar-refractivity contribution in [3.63, 3.8) is 0 Å². The van der Waals surface area contributed by atoms with E-state index in [1.165, 1.54) is 0 Å². The summed E-state index contributed by atoms with van der Waals surface area (Å²) in [6.45, 7) is 4.22. The van der Waals surface area contributed by atoms with Crippen molar-refractivity contribution in [3.05, 3.63) is 57.6 Å². The Morgan fingerprint density at radius 3 is 2.38 bits per heavy atom. The van der Waals surface area contributed by atoms with E-state index >= 15 is 0 Å². The molecule has 0 amide bonds. The van der Waals surface area contributed by atoms with E-state index in [2.05, 4.69) is 6.07 Å². The van der Waals surface area contributed by atoms with Crippen LogP contribution in [0.5, 0.6) is 11.5 Å². The highest BCUT2D eigenvalue weighted by molar-refractivity contribution is 6.30. The van der Waals surface area contributed by atoms with Gasteiger partial charge in [0.2, 0.25) is 0 Å². The van der Waals surface area contributed by atoms with Crippen LogP contribution in [0, 0.1) is 25.2 Å². The van der Waals surface area contributed by atoms with Gasteiger partial charge in [-0.15, -0.1) is 0 Å². The van der Waals surface area contributed by atoms with Gasteiger partial charge < -0.3 is 9.47 Å². The zero-order valence-corrected chi connectivity index (χ0v) is 13.0. The van der Waals surface area contributed by atoms with Crippen LogP contribution in [0.3, 0.4) is 0 Å². The van der Waals surface area contributed by atoms with Gasteiger partial charge in [0.05, 0.1) is 18.7 Å². The van der Waals surface area contributed by atoms with E-state index in [9.17, 15) is 0 Å². The van der Waals surface area contributed by atoms with Gasteiger partial charge in [0.1, 0.15) is 18.1 Å². The molecule has 4 heteroatoms. The maximum atomic E-state index is 8.96. The van der Waals surface area contributed by atoms with Gasteiger partial charge in [-0.2, -0.15) is 5.26 Å². The zero-order chi connectivity index (χ0) is 15.4. The largest absolute Gasteiger partial charge is 0.496 e. The molecule has 3 nitrogen and oxygen atoms in total. The summed E-state index contributed by atoms with van der Waals surface area (Å²) in [4.78, 5) is 0. The third kappa shape index (κ3) is 3.48. The Labute approximate surface area is 129 Å². The number of hydrogen-bond donors (Lipinski definition) is 0. The van der Waals surface area contributed by atoms with Crippen LogP contribution >= 0.6 is 11.6 Å². The van der Waals surface area contributed by atoms with E-state index < -0.39 is 0 Å². The molecule has 2 rings (SSSR count). The third-order valence-electron chi connectivity index (χ3n) is 3.20. The molecule has 0 saturated heterocycles. The Balaban J connectivity index is 2.25. The molecule has 0 aliphatic heterocycles. The van der Waals surface area contributed by atoms with Crippen molar-refractivity contribution in [1.82, 2.24) is 0 Å². The average Bonchev–Trinajstić information content (AvgIpc) is 2.46. The van der Waals surface area contributed by atoms with Crippen molar-refractivity contribution in [2.45, 2.75) is 20.5 Å². The summed E-state index contributed by atoms with van der Waals surface area (Å²) < 4.78 is 11.2. The predicted molar refractivity (Wildman–Crippen MR) is 83.0 cm³/mol. The van der Waals surface area contributed by atoms with E-state index in [0.29, 0.717) is 17.2 Å². The Morgan fingerprint density at radius 2 is 1.81 bits per heavy atom. The van der Waals surface area contributed by atoms with Crippen molar-refractivity contribution >= 4 is 11.6 Å². The second-order valence-electron chi connectivity index (χ2n) is 4.80. The quantitative estimate of drug-likeness (QED) is 0.839. The molecule has 0 atom stereocenters. The van der Waals surface area contributed by atoms with Crippen molar-refractivity contribution in [2.75, 3.05) is 7.11 Å². The summed E-state index contributed by atoms with van der Waals surface area (Å²) in [5.41, 5.74) is 3.39. The van der Waals surface area contributed by atoms with Gasteiger partial charge in [-0.1, -0.05) is 11.6 Å². The lowest BCUT2D eigenvalue weighted by molar-refractivity contribution is 0.293. The molecule has 108 valence electrons. The van der Waals surface area contributed by atoms with Gasteiger partial charge in [0.15, 0.2) is 0 Å². The SMILES string of the molecule is COc1ccc(Cl)cc1COc1c(C)cc(C#N)cc1C. The highest BCUT2D eigenvalue weighted by Gasteiger charge is 2.09. The van der Waals surface area contributed by atoms with Crippen LogP contribution in [-0.2, 0) is 6.61 Å². The molecule has 2 aromatic carbocycles. The molecule has 0 radical (unpaired) electrons. The number of nitriles is 1. The smallest absolute Gasteiger partial charge is 0.125 e. The Kier molecular flexibility index (Phi) is 4.72. The summed E-state index contributed by atoms with van der Waals surface area (Å²) in [6.07, 6.45) is 0. The van der Waals surface area contributed by atoms with Crippen molar-refractivity contribution in [2.24, 2.45) is 0 Å². The molecule has 0 bridgehead atoms. The third-order valence-corrected chi connectivity index (χ3v) is 3.44. The van der Waals surface area contributed by atoms with E-state index in [0.717, 1.165) is 28.2 Å². The molecular weight excluding hydrogens is 286 g/mol. The highest BCUT2D eigenvalue weighted by atomic mass is 35.5. The molecule has 0 spiro atoms. The first-order valence-corrected chi connectivity index (χ1v) is 6.89. The fourth-order valence-corrected chi connectivity index (χ4v) is 2.45. The molecule has 0 heterocycles. The first kappa shape index (κ1) is 15.2. The maximum Gasteiger partial charge on any atom is 0.125 e. The first-order valence-electron chi connectivity index (χ1n) is 6.51. The van der Waals surface area contributed by atoms with Crippen LogP contribution < -0.4 is 9.47 Å². The minimum absolute atomic E-state index is 0.358. The normalized spacial score (nSPS) is 10.0. The number of aryl methyl sites for hydroxylation is 2. The van der Waals surface area contributed by atoms with Crippen LogP contribution in [0.4, 0.5) is 0 Å². The number of benzene rings is 2. The van der Waals surface area contributed by atoms with Crippen LogP contribution in [0.25, 0.3) is 0 Å². The second kappa shape index (κ2) is 6.51. The van der Waals surface area contributed by atoms with Crippen LogP contribution in [0.2, 0.25) is 5.02 Å².